The fourth-order valence-electron chi connectivity index (χ4n) is 8.76. The fraction of sp³-hybridized carbons (Fsp3) is 0.462. The predicted octanol–water partition coefficient (Wildman–Crippen LogP) is 5.26. The van der Waals surface area contributed by atoms with Crippen LogP contribution in [0.15, 0.2) is 36.4 Å². The summed E-state index contributed by atoms with van der Waals surface area (Å²) in [5.41, 5.74) is 5.91. The molecular weight excluding hydrogens is 704 g/mol. The molecule has 0 aromatic heterocycles. The van der Waals surface area contributed by atoms with Crippen molar-refractivity contribution in [2.75, 3.05) is 47.5 Å². The number of amides is 1. The van der Waals surface area contributed by atoms with Crippen LogP contribution in [0.1, 0.15) is 57.4 Å². The van der Waals surface area contributed by atoms with Crippen LogP contribution in [-0.2, 0) is 33.5 Å². The van der Waals surface area contributed by atoms with Crippen LogP contribution in [0.5, 0.6) is 28.7 Å². The maximum atomic E-state index is 13.5. The normalized spacial score (nSPS) is 22.5. The van der Waals surface area contributed by atoms with Gasteiger partial charge in [-0.3, -0.25) is 14.6 Å². The number of ether oxygens (including phenoxy) is 7. The Morgan fingerprint density at radius 3 is 2.53 bits per heavy atom. The Bertz CT molecular complexity index is 1940. The number of fused-ring (bicyclic) bond motifs is 9. The van der Waals surface area contributed by atoms with Crippen LogP contribution < -0.4 is 29.0 Å². The van der Waals surface area contributed by atoms with E-state index in [9.17, 15) is 14.9 Å². The zero-order valence-electron chi connectivity index (χ0n) is 30.4. The van der Waals surface area contributed by atoms with Crippen molar-refractivity contribution < 1.29 is 42.7 Å². The van der Waals surface area contributed by atoms with Gasteiger partial charge in [0.15, 0.2) is 35.9 Å². The molecule has 1 unspecified atom stereocenters. The summed E-state index contributed by atoms with van der Waals surface area (Å²) >= 11 is 5.75. The highest BCUT2D eigenvalue weighted by molar-refractivity contribution is 6.17. The maximum Gasteiger partial charge on any atom is 0.515 e. The zero-order valence-corrected chi connectivity index (χ0v) is 31.2. The quantitative estimate of drug-likeness (QED) is 0.119. The van der Waals surface area contributed by atoms with Crippen LogP contribution >= 0.6 is 11.6 Å². The van der Waals surface area contributed by atoms with E-state index in [0.717, 1.165) is 22.3 Å². The van der Waals surface area contributed by atoms with Crippen LogP contribution in [0.3, 0.4) is 0 Å². The molecule has 0 aliphatic carbocycles. The molecule has 4 aliphatic heterocycles. The second kappa shape index (κ2) is 15.3. The molecule has 280 valence electrons. The van der Waals surface area contributed by atoms with Crippen molar-refractivity contribution in [3.8, 4) is 34.8 Å². The summed E-state index contributed by atoms with van der Waals surface area (Å²) in [6, 6.07) is 12.1. The molecule has 4 aliphatic rings. The first-order chi connectivity index (χ1) is 25.7. The summed E-state index contributed by atoms with van der Waals surface area (Å²) in [4.78, 5) is 30.9. The van der Waals surface area contributed by atoms with Crippen molar-refractivity contribution in [3.63, 3.8) is 0 Å². The van der Waals surface area contributed by atoms with Gasteiger partial charge in [0.1, 0.15) is 11.8 Å². The number of piperazine rings is 1. The lowest BCUT2D eigenvalue weighted by Crippen LogP contribution is -2.68. The molecule has 5 atom stereocenters. The van der Waals surface area contributed by atoms with E-state index >= 15 is 0 Å². The largest absolute Gasteiger partial charge is 0.515 e. The number of nitriles is 1. The summed E-state index contributed by atoms with van der Waals surface area (Å²) in [6.07, 6.45) is 0.801. The number of likely N-dealkylation sites (N-methyl/N-ethyl adjacent to an activating group) is 1. The number of nitrogens with zero attached hydrogens (tertiary/aromatic N) is 3. The van der Waals surface area contributed by atoms with Crippen LogP contribution in [-0.4, -0.2) is 87.5 Å². The van der Waals surface area contributed by atoms with Gasteiger partial charge >= 0.3 is 6.16 Å². The molecule has 13 nitrogen and oxygen atoms in total. The Morgan fingerprint density at radius 2 is 1.81 bits per heavy atom. The Morgan fingerprint density at radius 1 is 1.04 bits per heavy atom. The highest BCUT2D eigenvalue weighted by Gasteiger charge is 2.57. The van der Waals surface area contributed by atoms with E-state index < -0.39 is 18.2 Å². The predicted molar refractivity (Wildman–Crippen MR) is 193 cm³/mol. The van der Waals surface area contributed by atoms with E-state index in [1.807, 2.05) is 44.3 Å². The first kappa shape index (κ1) is 36.6. The van der Waals surface area contributed by atoms with Gasteiger partial charge in [-0.2, -0.15) is 5.26 Å². The lowest BCUT2D eigenvalue weighted by Gasteiger charge is -2.60. The third-order valence-electron chi connectivity index (χ3n) is 10.9. The summed E-state index contributed by atoms with van der Waals surface area (Å²) in [5.74, 6) is 2.25. The summed E-state index contributed by atoms with van der Waals surface area (Å²) in [6.45, 7) is 3.89. The second-order valence-electron chi connectivity index (χ2n) is 13.7. The molecular formula is C39H43ClN4O9. The van der Waals surface area contributed by atoms with Gasteiger partial charge in [0.05, 0.1) is 25.3 Å². The van der Waals surface area contributed by atoms with Crippen molar-refractivity contribution in [2.45, 2.75) is 69.7 Å². The average Bonchev–Trinajstić information content (AvgIpc) is 3.65. The minimum atomic E-state index is -0.966. The SMILES string of the molecule is COCOc1c(OC)c(C)cc2c1[C@@H]1C3Cc4c(OC(=O)OCCl)c(C)c5c(c4[C@H](CNC(=O)CCc4ccccc4)N3[C@@H](C#N)[C@H](C2)N1C)OCO5. The number of hydrogen-bond acceptors (Lipinski definition) is 12. The van der Waals surface area contributed by atoms with Crippen LogP contribution in [0.2, 0.25) is 0 Å². The number of carbonyl (C=O) groups excluding carboxylic acids is 2. The number of aryl methyl sites for hydroxylation is 2. The first-order valence-corrected chi connectivity index (χ1v) is 18.1. The molecule has 1 fully saturated rings. The number of carbonyl (C=O) groups is 2. The molecule has 3 aromatic rings. The third kappa shape index (κ3) is 6.48. The van der Waals surface area contributed by atoms with Gasteiger partial charge in [-0.05, 0) is 56.8 Å². The summed E-state index contributed by atoms with van der Waals surface area (Å²) in [5, 5.41) is 14.2. The van der Waals surface area contributed by atoms with E-state index in [-0.39, 0.29) is 62.4 Å². The number of benzene rings is 3. The van der Waals surface area contributed by atoms with Crippen LogP contribution in [0.4, 0.5) is 4.79 Å². The molecule has 1 saturated heterocycles. The Balaban J connectivity index is 1.38. The molecule has 0 spiro atoms. The van der Waals surface area contributed by atoms with Gasteiger partial charge in [-0.15, -0.1) is 0 Å². The Labute approximate surface area is 313 Å². The number of nitrogens with one attached hydrogen (secondary N) is 1. The molecule has 0 radical (unpaired) electrons. The molecule has 53 heavy (non-hydrogen) atoms. The van der Waals surface area contributed by atoms with Gasteiger partial charge in [0, 0.05) is 54.4 Å². The molecule has 3 aromatic carbocycles. The van der Waals surface area contributed by atoms with Crippen LogP contribution in [0.25, 0.3) is 0 Å². The minimum absolute atomic E-state index is 0.00509. The van der Waals surface area contributed by atoms with E-state index in [1.54, 1.807) is 21.1 Å². The zero-order chi connectivity index (χ0) is 37.4. The summed E-state index contributed by atoms with van der Waals surface area (Å²) < 4.78 is 40.6. The highest BCUT2D eigenvalue weighted by atomic mass is 35.5. The monoisotopic (exact) mass is 746 g/mol. The second-order valence-corrected chi connectivity index (χ2v) is 13.9. The summed E-state index contributed by atoms with van der Waals surface area (Å²) in [7, 11) is 5.21. The van der Waals surface area contributed by atoms with E-state index in [1.165, 1.54) is 0 Å². The lowest BCUT2D eigenvalue weighted by atomic mass is 9.71. The topological polar surface area (TPSA) is 141 Å². The first-order valence-electron chi connectivity index (χ1n) is 17.6. The van der Waals surface area contributed by atoms with Crippen molar-refractivity contribution >= 4 is 23.7 Å². The van der Waals surface area contributed by atoms with Gasteiger partial charge in [-0.25, -0.2) is 4.79 Å². The van der Waals surface area contributed by atoms with Gasteiger partial charge in [0.2, 0.25) is 12.7 Å². The smallest absolute Gasteiger partial charge is 0.493 e. The molecule has 4 heterocycles. The lowest BCUT2D eigenvalue weighted by molar-refractivity contribution is -0.122. The number of methoxy groups -OCH3 is 2. The Kier molecular flexibility index (Phi) is 10.6. The van der Waals surface area contributed by atoms with E-state index in [0.29, 0.717) is 59.0 Å². The van der Waals surface area contributed by atoms with Gasteiger partial charge < -0.3 is 38.5 Å². The van der Waals surface area contributed by atoms with Crippen molar-refractivity contribution in [1.82, 2.24) is 15.1 Å². The van der Waals surface area contributed by atoms with Gasteiger partial charge in [0.25, 0.3) is 0 Å². The minimum Gasteiger partial charge on any atom is -0.493 e. The average molecular weight is 747 g/mol. The van der Waals surface area contributed by atoms with Crippen molar-refractivity contribution in [3.05, 3.63) is 75.3 Å². The third-order valence-corrected chi connectivity index (χ3v) is 11.0. The van der Waals surface area contributed by atoms with Crippen molar-refractivity contribution in [2.24, 2.45) is 0 Å². The maximum absolute atomic E-state index is 13.5. The van der Waals surface area contributed by atoms with E-state index in [4.69, 9.17) is 44.8 Å². The van der Waals surface area contributed by atoms with E-state index in [2.05, 4.69) is 27.3 Å². The number of alkyl halides is 1. The number of halogens is 1. The standard InChI is InChI=1S/C39H43ClN4O9/c1-21-13-24-14-26-28(16-41)44-27(33(43(26)3)31(24)37(34(21)48-5)50-19-47-4)15-25-32(29(44)17-42-30(45)12-11-23-9-7-6-8-10-23)38-36(51-20-52-38)22(2)35(25)53-39(46)49-18-40/h6-10,13,26-29,33H,11-12,14-15,17-20H2,1-5H3,(H,42,45)/t26-,27?,28-,29-,33-/m0/s1. The highest BCUT2D eigenvalue weighted by Crippen LogP contribution is 2.58. The molecule has 7 rings (SSSR count). The molecule has 14 heteroatoms. The van der Waals surface area contributed by atoms with Crippen LogP contribution in [0, 0.1) is 25.2 Å². The molecule has 1 N–H and O–H groups in total. The number of hydrogen-bond donors (Lipinski definition) is 1. The Hall–Kier alpha value is -4.74. The molecule has 2 bridgehead atoms. The van der Waals surface area contributed by atoms with Gasteiger partial charge in [-0.1, -0.05) is 48.0 Å². The molecule has 1 amide bonds. The fourth-order valence-corrected chi connectivity index (χ4v) is 8.85. The van der Waals surface area contributed by atoms with Crippen molar-refractivity contribution in [1.29, 1.82) is 5.26 Å². The number of rotatable bonds is 11. The molecule has 0 saturated carbocycles.